The van der Waals surface area contributed by atoms with Crippen LogP contribution in [-0.4, -0.2) is 48.6 Å². The maximum atomic E-state index is 5.38. The van der Waals surface area contributed by atoms with E-state index in [2.05, 4.69) is 39.9 Å². The van der Waals surface area contributed by atoms with Crippen molar-refractivity contribution in [3.8, 4) is 0 Å². The van der Waals surface area contributed by atoms with Gasteiger partial charge < -0.3 is 15.0 Å². The average molecular weight is 268 g/mol. The molecule has 1 fully saturated rings. The predicted molar refractivity (Wildman–Crippen MR) is 76.6 cm³/mol. The van der Waals surface area contributed by atoms with Crippen LogP contribution >= 0.6 is 12.6 Å². The average Bonchev–Trinajstić information content (AvgIpc) is 2.45. The summed E-state index contributed by atoms with van der Waals surface area (Å²) >= 11 is 4.17. The summed E-state index contributed by atoms with van der Waals surface area (Å²) in [5, 5.41) is 3.21. The second-order valence-electron chi connectivity index (χ2n) is 4.37. The SMILES string of the molecule is CN(c1cc(NCCS)ncn1)C1CCOCC1. The fourth-order valence-corrected chi connectivity index (χ4v) is 2.19. The quantitative estimate of drug-likeness (QED) is 0.791. The van der Waals surface area contributed by atoms with Crippen LogP contribution in [0.3, 0.4) is 0 Å². The van der Waals surface area contributed by atoms with Crippen molar-refractivity contribution in [2.24, 2.45) is 0 Å². The molecular weight excluding hydrogens is 248 g/mol. The number of anilines is 2. The lowest BCUT2D eigenvalue weighted by Gasteiger charge is -2.32. The van der Waals surface area contributed by atoms with Crippen molar-refractivity contribution >= 4 is 24.3 Å². The van der Waals surface area contributed by atoms with E-state index >= 15 is 0 Å². The van der Waals surface area contributed by atoms with Crippen LogP contribution in [0.15, 0.2) is 12.4 Å². The smallest absolute Gasteiger partial charge is 0.134 e. The molecule has 0 spiro atoms. The third-order valence-electron chi connectivity index (χ3n) is 3.17. The number of nitrogens with one attached hydrogen (secondary N) is 1. The van der Waals surface area contributed by atoms with Gasteiger partial charge in [-0.05, 0) is 12.8 Å². The van der Waals surface area contributed by atoms with Crippen molar-refractivity contribution in [1.29, 1.82) is 0 Å². The van der Waals surface area contributed by atoms with Gasteiger partial charge in [-0.3, -0.25) is 0 Å². The highest BCUT2D eigenvalue weighted by Crippen LogP contribution is 2.20. The molecule has 1 aromatic rings. The Morgan fingerprint density at radius 1 is 1.44 bits per heavy atom. The molecule has 0 amide bonds. The van der Waals surface area contributed by atoms with Gasteiger partial charge in [-0.1, -0.05) is 0 Å². The van der Waals surface area contributed by atoms with Crippen LogP contribution in [0.4, 0.5) is 11.6 Å². The van der Waals surface area contributed by atoms with Gasteiger partial charge in [0.1, 0.15) is 18.0 Å². The number of nitrogens with zero attached hydrogens (tertiary/aromatic N) is 3. The zero-order valence-corrected chi connectivity index (χ0v) is 11.6. The second kappa shape index (κ2) is 6.80. The highest BCUT2D eigenvalue weighted by molar-refractivity contribution is 7.80. The molecule has 0 bridgehead atoms. The van der Waals surface area contributed by atoms with E-state index < -0.39 is 0 Å². The third-order valence-corrected chi connectivity index (χ3v) is 3.39. The number of hydrogen-bond donors (Lipinski definition) is 2. The Balaban J connectivity index is 2.02. The molecule has 2 rings (SSSR count). The van der Waals surface area contributed by atoms with Gasteiger partial charge in [-0.25, -0.2) is 9.97 Å². The molecule has 0 aliphatic carbocycles. The minimum Gasteiger partial charge on any atom is -0.381 e. The maximum Gasteiger partial charge on any atom is 0.134 e. The summed E-state index contributed by atoms with van der Waals surface area (Å²) < 4.78 is 5.38. The Labute approximate surface area is 113 Å². The molecule has 0 atom stereocenters. The lowest BCUT2D eigenvalue weighted by Crippen LogP contribution is -2.37. The Morgan fingerprint density at radius 2 is 2.22 bits per heavy atom. The molecule has 1 aromatic heterocycles. The first-order valence-electron chi connectivity index (χ1n) is 6.28. The molecule has 1 saturated heterocycles. The molecule has 6 heteroatoms. The monoisotopic (exact) mass is 268 g/mol. The van der Waals surface area contributed by atoms with Gasteiger partial charge in [0.15, 0.2) is 0 Å². The van der Waals surface area contributed by atoms with E-state index in [1.807, 2.05) is 6.07 Å². The third kappa shape index (κ3) is 3.49. The zero-order chi connectivity index (χ0) is 12.8. The zero-order valence-electron chi connectivity index (χ0n) is 10.7. The fraction of sp³-hybridized carbons (Fsp3) is 0.667. The van der Waals surface area contributed by atoms with Crippen LogP contribution in [-0.2, 0) is 4.74 Å². The van der Waals surface area contributed by atoms with Crippen molar-refractivity contribution in [2.45, 2.75) is 18.9 Å². The largest absolute Gasteiger partial charge is 0.381 e. The molecule has 18 heavy (non-hydrogen) atoms. The summed E-state index contributed by atoms with van der Waals surface area (Å²) in [6.07, 6.45) is 3.71. The molecule has 5 nitrogen and oxygen atoms in total. The summed E-state index contributed by atoms with van der Waals surface area (Å²) in [4.78, 5) is 10.8. The molecule has 0 saturated carbocycles. The number of aromatic nitrogens is 2. The summed E-state index contributed by atoms with van der Waals surface area (Å²) in [5.41, 5.74) is 0. The Morgan fingerprint density at radius 3 is 2.94 bits per heavy atom. The first kappa shape index (κ1) is 13.4. The minimum atomic E-state index is 0.506. The van der Waals surface area contributed by atoms with Gasteiger partial charge in [0, 0.05) is 44.7 Å². The van der Waals surface area contributed by atoms with Gasteiger partial charge in [-0.2, -0.15) is 12.6 Å². The van der Waals surface area contributed by atoms with Crippen molar-refractivity contribution in [3.63, 3.8) is 0 Å². The lowest BCUT2D eigenvalue weighted by molar-refractivity contribution is 0.0853. The molecule has 1 aliphatic heterocycles. The van der Waals surface area contributed by atoms with E-state index in [4.69, 9.17) is 4.74 Å². The highest BCUT2D eigenvalue weighted by Gasteiger charge is 2.19. The van der Waals surface area contributed by atoms with Crippen molar-refractivity contribution in [1.82, 2.24) is 9.97 Å². The van der Waals surface area contributed by atoms with E-state index in [1.165, 1.54) is 0 Å². The highest BCUT2D eigenvalue weighted by atomic mass is 32.1. The molecule has 0 aromatic carbocycles. The van der Waals surface area contributed by atoms with Crippen LogP contribution < -0.4 is 10.2 Å². The number of hydrogen-bond acceptors (Lipinski definition) is 6. The van der Waals surface area contributed by atoms with E-state index in [0.29, 0.717) is 6.04 Å². The summed E-state index contributed by atoms with van der Waals surface area (Å²) in [6, 6.07) is 2.49. The number of rotatable bonds is 5. The van der Waals surface area contributed by atoms with Gasteiger partial charge in [0.05, 0.1) is 0 Å². The van der Waals surface area contributed by atoms with Crippen molar-refractivity contribution in [3.05, 3.63) is 12.4 Å². The first-order chi connectivity index (χ1) is 8.81. The molecular formula is C12H20N4OS. The first-order valence-corrected chi connectivity index (χ1v) is 6.92. The van der Waals surface area contributed by atoms with E-state index in [0.717, 1.165) is 50.0 Å². The maximum absolute atomic E-state index is 5.38. The van der Waals surface area contributed by atoms with Crippen LogP contribution in [0.5, 0.6) is 0 Å². The van der Waals surface area contributed by atoms with Crippen molar-refractivity contribution < 1.29 is 4.74 Å². The summed E-state index contributed by atoms with van der Waals surface area (Å²) in [5.74, 6) is 2.60. The lowest BCUT2D eigenvalue weighted by atomic mass is 10.1. The number of ether oxygens (including phenoxy) is 1. The molecule has 1 N–H and O–H groups in total. The van der Waals surface area contributed by atoms with Gasteiger partial charge in [0.25, 0.3) is 0 Å². The fourth-order valence-electron chi connectivity index (χ4n) is 2.08. The molecule has 2 heterocycles. The van der Waals surface area contributed by atoms with Gasteiger partial charge in [-0.15, -0.1) is 0 Å². The Hall–Kier alpha value is -1.01. The number of thiol groups is 1. The molecule has 100 valence electrons. The van der Waals surface area contributed by atoms with Gasteiger partial charge in [0.2, 0.25) is 0 Å². The molecule has 1 aliphatic rings. The van der Waals surface area contributed by atoms with Crippen LogP contribution in [0, 0.1) is 0 Å². The molecule has 0 unspecified atom stereocenters. The van der Waals surface area contributed by atoms with Gasteiger partial charge >= 0.3 is 0 Å². The second-order valence-corrected chi connectivity index (χ2v) is 4.81. The van der Waals surface area contributed by atoms with Crippen LogP contribution in [0.1, 0.15) is 12.8 Å². The van der Waals surface area contributed by atoms with Crippen LogP contribution in [0.25, 0.3) is 0 Å². The summed E-state index contributed by atoms with van der Waals surface area (Å²) in [6.45, 7) is 2.48. The van der Waals surface area contributed by atoms with E-state index in [1.54, 1.807) is 6.33 Å². The topological polar surface area (TPSA) is 50.3 Å². The van der Waals surface area contributed by atoms with E-state index in [-0.39, 0.29) is 0 Å². The normalized spacial score (nSPS) is 16.6. The minimum absolute atomic E-state index is 0.506. The Bertz CT molecular complexity index is 371. The molecule has 0 radical (unpaired) electrons. The standard InChI is InChI=1S/C12H20N4OS/c1-16(10-2-5-17-6-3-10)12-8-11(13-4-7-18)14-9-15-12/h8-10,18H,2-7H2,1H3,(H,13,14,15). The van der Waals surface area contributed by atoms with Crippen LogP contribution in [0.2, 0.25) is 0 Å². The summed E-state index contributed by atoms with van der Waals surface area (Å²) in [7, 11) is 2.08. The Kier molecular flexibility index (Phi) is 5.07. The van der Waals surface area contributed by atoms with E-state index in [9.17, 15) is 0 Å². The predicted octanol–water partition coefficient (Wildman–Crippen LogP) is 1.43. The van der Waals surface area contributed by atoms with Crippen molar-refractivity contribution in [2.75, 3.05) is 42.8 Å².